The van der Waals surface area contributed by atoms with Crippen LogP contribution in [0.5, 0.6) is 0 Å². The smallest absolute Gasteiger partial charge is 0.221 e. The molecule has 0 atom stereocenters. The molecule has 2 aromatic carbocycles. The van der Waals surface area contributed by atoms with E-state index in [1.807, 2.05) is 24.3 Å². The zero-order chi connectivity index (χ0) is 17.3. The summed E-state index contributed by atoms with van der Waals surface area (Å²) in [7, 11) is 0. The highest BCUT2D eigenvalue weighted by Crippen LogP contribution is 2.41. The summed E-state index contributed by atoms with van der Waals surface area (Å²) >= 11 is 7.66. The molecular formula is C19H19ClN2OS. The molecule has 5 heteroatoms. The van der Waals surface area contributed by atoms with Crippen LogP contribution in [0, 0.1) is 6.92 Å². The van der Waals surface area contributed by atoms with Crippen LogP contribution >= 0.6 is 23.4 Å². The second kappa shape index (κ2) is 6.91. The standard InChI is InChI=1S/C19H19ClN2OS/c1-4-13-5-10-16-17(18(13)22-12(3)23)19(11(2)21-16)24-15-8-6-14(20)7-9-15/h5-10,21H,4H2,1-3H3,(H,22,23). The maximum atomic E-state index is 11.7. The molecule has 1 amide bonds. The summed E-state index contributed by atoms with van der Waals surface area (Å²) < 4.78 is 0. The van der Waals surface area contributed by atoms with E-state index < -0.39 is 0 Å². The second-order valence-electron chi connectivity index (χ2n) is 5.69. The Morgan fingerprint density at radius 1 is 1.21 bits per heavy atom. The minimum Gasteiger partial charge on any atom is -0.358 e. The number of carbonyl (C=O) groups excluding carboxylic acids is 1. The molecule has 0 aliphatic carbocycles. The second-order valence-corrected chi connectivity index (χ2v) is 7.21. The SMILES string of the molecule is CCc1ccc2[nH]c(C)c(Sc3ccc(Cl)cc3)c2c1NC(C)=O. The van der Waals surface area contributed by atoms with Crippen LogP contribution in [-0.2, 0) is 11.2 Å². The summed E-state index contributed by atoms with van der Waals surface area (Å²) in [6, 6.07) is 11.9. The van der Waals surface area contributed by atoms with E-state index in [9.17, 15) is 4.79 Å². The van der Waals surface area contributed by atoms with Crippen LogP contribution in [0.25, 0.3) is 10.9 Å². The molecule has 1 aromatic heterocycles. The van der Waals surface area contributed by atoms with E-state index in [4.69, 9.17) is 11.6 Å². The van der Waals surface area contributed by atoms with E-state index in [1.54, 1.807) is 18.7 Å². The number of anilines is 1. The molecule has 0 aliphatic rings. The first-order chi connectivity index (χ1) is 11.5. The first-order valence-electron chi connectivity index (χ1n) is 7.84. The lowest BCUT2D eigenvalue weighted by Gasteiger charge is -2.12. The molecule has 24 heavy (non-hydrogen) atoms. The van der Waals surface area contributed by atoms with Gasteiger partial charge in [0.05, 0.1) is 5.69 Å². The van der Waals surface area contributed by atoms with Crippen LogP contribution in [0.1, 0.15) is 25.1 Å². The number of aromatic amines is 1. The molecule has 0 aliphatic heterocycles. The molecule has 124 valence electrons. The number of aromatic nitrogens is 1. The number of aryl methyl sites for hydroxylation is 2. The van der Waals surface area contributed by atoms with Crippen molar-refractivity contribution in [2.45, 2.75) is 37.0 Å². The summed E-state index contributed by atoms with van der Waals surface area (Å²) in [4.78, 5) is 17.4. The number of fused-ring (bicyclic) bond motifs is 1. The van der Waals surface area contributed by atoms with Crippen molar-refractivity contribution in [1.29, 1.82) is 0 Å². The molecular weight excluding hydrogens is 340 g/mol. The number of nitrogens with one attached hydrogen (secondary N) is 2. The third-order valence-corrected chi connectivity index (χ3v) is 5.37. The van der Waals surface area contributed by atoms with Gasteiger partial charge in [0.2, 0.25) is 5.91 Å². The largest absolute Gasteiger partial charge is 0.358 e. The van der Waals surface area contributed by atoms with Crippen molar-refractivity contribution in [2.75, 3.05) is 5.32 Å². The fourth-order valence-corrected chi connectivity index (χ4v) is 3.95. The van der Waals surface area contributed by atoms with Crippen LogP contribution in [0.4, 0.5) is 5.69 Å². The predicted octanol–water partition coefficient (Wildman–Crippen LogP) is 5.80. The fraction of sp³-hybridized carbons (Fsp3) is 0.211. The van der Waals surface area contributed by atoms with Gasteiger partial charge >= 0.3 is 0 Å². The highest BCUT2D eigenvalue weighted by Gasteiger charge is 2.17. The van der Waals surface area contributed by atoms with Gasteiger partial charge in [-0.15, -0.1) is 0 Å². The van der Waals surface area contributed by atoms with Crippen LogP contribution in [0.3, 0.4) is 0 Å². The Morgan fingerprint density at radius 2 is 1.92 bits per heavy atom. The third-order valence-electron chi connectivity index (χ3n) is 3.90. The highest BCUT2D eigenvalue weighted by atomic mass is 35.5. The quantitative estimate of drug-likeness (QED) is 0.618. The van der Waals surface area contributed by atoms with Crippen LogP contribution in [0.15, 0.2) is 46.2 Å². The molecule has 0 fully saturated rings. The lowest BCUT2D eigenvalue weighted by Crippen LogP contribution is -2.08. The Labute approximate surface area is 150 Å². The van der Waals surface area contributed by atoms with E-state index in [0.717, 1.165) is 49.1 Å². The number of hydrogen-bond acceptors (Lipinski definition) is 2. The predicted molar refractivity (Wildman–Crippen MR) is 102 cm³/mol. The van der Waals surface area contributed by atoms with Crippen molar-refractivity contribution in [3.05, 3.63) is 52.7 Å². The number of rotatable bonds is 4. The minimum atomic E-state index is -0.0569. The number of carbonyl (C=O) groups is 1. The molecule has 0 spiro atoms. The van der Waals surface area contributed by atoms with Crippen LogP contribution < -0.4 is 5.32 Å². The van der Waals surface area contributed by atoms with Gasteiger partial charge in [-0.05, 0) is 49.2 Å². The van der Waals surface area contributed by atoms with Crippen molar-refractivity contribution in [2.24, 2.45) is 0 Å². The number of benzene rings is 2. The van der Waals surface area contributed by atoms with Gasteiger partial charge in [-0.25, -0.2) is 0 Å². The minimum absolute atomic E-state index is 0.0569. The van der Waals surface area contributed by atoms with Crippen molar-refractivity contribution >= 4 is 45.9 Å². The van der Waals surface area contributed by atoms with E-state index in [0.29, 0.717) is 0 Å². The monoisotopic (exact) mass is 358 g/mol. The molecule has 3 aromatic rings. The summed E-state index contributed by atoms with van der Waals surface area (Å²) in [6.45, 7) is 5.70. The topological polar surface area (TPSA) is 44.9 Å². The maximum Gasteiger partial charge on any atom is 0.221 e. The molecule has 0 radical (unpaired) electrons. The maximum absolute atomic E-state index is 11.7. The molecule has 2 N–H and O–H groups in total. The molecule has 0 saturated heterocycles. The molecule has 3 rings (SSSR count). The average Bonchev–Trinajstić information content (AvgIpc) is 2.85. The Kier molecular flexibility index (Phi) is 4.88. The normalized spacial score (nSPS) is 11.0. The van der Waals surface area contributed by atoms with Gasteiger partial charge in [-0.3, -0.25) is 4.79 Å². The van der Waals surface area contributed by atoms with E-state index in [2.05, 4.69) is 36.3 Å². The summed E-state index contributed by atoms with van der Waals surface area (Å²) in [6.07, 6.45) is 0.862. The summed E-state index contributed by atoms with van der Waals surface area (Å²) in [5.41, 5.74) is 4.16. The van der Waals surface area contributed by atoms with Crippen molar-refractivity contribution in [3.8, 4) is 0 Å². The summed E-state index contributed by atoms with van der Waals surface area (Å²) in [5, 5.41) is 4.82. The Morgan fingerprint density at radius 3 is 2.54 bits per heavy atom. The Hall–Kier alpha value is -1.91. The van der Waals surface area contributed by atoms with Gasteiger partial charge in [0, 0.05) is 38.3 Å². The van der Waals surface area contributed by atoms with Crippen molar-refractivity contribution < 1.29 is 4.79 Å². The molecule has 0 saturated carbocycles. The summed E-state index contributed by atoms with van der Waals surface area (Å²) in [5.74, 6) is -0.0569. The van der Waals surface area contributed by atoms with Crippen LogP contribution in [0.2, 0.25) is 5.02 Å². The van der Waals surface area contributed by atoms with Crippen molar-refractivity contribution in [1.82, 2.24) is 4.98 Å². The number of amides is 1. The van der Waals surface area contributed by atoms with Gasteiger partial charge in [-0.1, -0.05) is 36.4 Å². The van der Waals surface area contributed by atoms with Gasteiger partial charge in [0.25, 0.3) is 0 Å². The lowest BCUT2D eigenvalue weighted by molar-refractivity contribution is -0.114. The number of hydrogen-bond donors (Lipinski definition) is 2. The first-order valence-corrected chi connectivity index (χ1v) is 9.04. The van der Waals surface area contributed by atoms with Gasteiger partial charge in [0.15, 0.2) is 0 Å². The van der Waals surface area contributed by atoms with Crippen LogP contribution in [-0.4, -0.2) is 10.9 Å². The molecule has 1 heterocycles. The zero-order valence-corrected chi connectivity index (χ0v) is 15.4. The number of H-pyrrole nitrogens is 1. The average molecular weight is 359 g/mol. The van der Waals surface area contributed by atoms with E-state index in [-0.39, 0.29) is 5.91 Å². The van der Waals surface area contributed by atoms with Gasteiger partial charge in [-0.2, -0.15) is 0 Å². The first kappa shape index (κ1) is 16.9. The van der Waals surface area contributed by atoms with Gasteiger partial charge < -0.3 is 10.3 Å². The molecule has 3 nitrogen and oxygen atoms in total. The third kappa shape index (κ3) is 3.30. The van der Waals surface area contributed by atoms with Gasteiger partial charge in [0.1, 0.15) is 0 Å². The molecule has 0 bridgehead atoms. The van der Waals surface area contributed by atoms with Crippen molar-refractivity contribution in [3.63, 3.8) is 0 Å². The highest BCUT2D eigenvalue weighted by molar-refractivity contribution is 7.99. The Balaban J connectivity index is 2.17. The zero-order valence-electron chi connectivity index (χ0n) is 13.9. The lowest BCUT2D eigenvalue weighted by atomic mass is 10.1. The number of halogens is 1. The Bertz CT molecular complexity index is 900. The van der Waals surface area contributed by atoms with E-state index in [1.165, 1.54) is 0 Å². The molecule has 0 unspecified atom stereocenters. The van der Waals surface area contributed by atoms with E-state index >= 15 is 0 Å². The fourth-order valence-electron chi connectivity index (χ4n) is 2.79.